The fourth-order valence-electron chi connectivity index (χ4n) is 8.95. The third-order valence-electron chi connectivity index (χ3n) is 11.6. The van der Waals surface area contributed by atoms with Crippen LogP contribution in [0.1, 0.15) is 221 Å². The van der Waals surface area contributed by atoms with E-state index in [0.29, 0.717) is 49.4 Å². The van der Waals surface area contributed by atoms with Crippen molar-refractivity contribution in [3.8, 4) is 12.1 Å². The van der Waals surface area contributed by atoms with Crippen LogP contribution < -0.4 is 0 Å². The van der Waals surface area contributed by atoms with Crippen LogP contribution in [0.4, 0.5) is 0 Å². The summed E-state index contributed by atoms with van der Waals surface area (Å²) < 4.78 is 17.2. The molecule has 54 heavy (non-hydrogen) atoms. The van der Waals surface area contributed by atoms with Crippen molar-refractivity contribution in [3.63, 3.8) is 0 Å². The summed E-state index contributed by atoms with van der Waals surface area (Å²) >= 11 is 0. The number of hydrogen-bond acceptors (Lipinski definition) is 9. The van der Waals surface area contributed by atoms with Gasteiger partial charge in [0.2, 0.25) is 0 Å². The average Bonchev–Trinajstić information content (AvgIpc) is 3.98. The van der Waals surface area contributed by atoms with E-state index in [-0.39, 0.29) is 30.6 Å². The molecule has 0 radical (unpaired) electrons. The predicted molar refractivity (Wildman–Crippen MR) is 205 cm³/mol. The first-order chi connectivity index (χ1) is 25.7. The van der Waals surface area contributed by atoms with Gasteiger partial charge in [-0.25, -0.2) is 0 Å². The quantitative estimate of drug-likeness (QED) is 0.145. The minimum absolute atomic E-state index is 0.0218. The molecule has 4 saturated carbocycles. The van der Waals surface area contributed by atoms with Crippen molar-refractivity contribution in [3.05, 3.63) is 34.0 Å². The van der Waals surface area contributed by atoms with Crippen molar-refractivity contribution in [1.29, 1.82) is 10.5 Å². The number of carbonyl (C=O) groups is 2. The first-order valence-corrected chi connectivity index (χ1v) is 20.8. The van der Waals surface area contributed by atoms with Crippen molar-refractivity contribution < 1.29 is 28.5 Å². The first-order valence-electron chi connectivity index (χ1n) is 20.8. The molecule has 296 valence electrons. The largest absolute Gasteiger partial charge is 0.481 e. The molecule has 0 unspecified atom stereocenters. The number of carbonyl (C=O) groups excluding carboxylic acids is 1. The van der Waals surface area contributed by atoms with Crippen LogP contribution in [0.25, 0.3) is 0 Å². The van der Waals surface area contributed by atoms with Gasteiger partial charge < -0.3 is 18.9 Å². The van der Waals surface area contributed by atoms with E-state index in [0.717, 1.165) is 72.3 Å². The first kappa shape index (κ1) is 41.5. The summed E-state index contributed by atoms with van der Waals surface area (Å²) in [7, 11) is 0. The van der Waals surface area contributed by atoms with E-state index in [2.05, 4.69) is 50.1 Å². The van der Waals surface area contributed by atoms with Gasteiger partial charge in [-0.2, -0.15) is 10.5 Å². The van der Waals surface area contributed by atoms with E-state index in [4.69, 9.17) is 24.3 Å². The molecule has 0 aliphatic heterocycles. The van der Waals surface area contributed by atoms with Crippen LogP contribution in [0.3, 0.4) is 0 Å². The lowest BCUT2D eigenvalue weighted by Gasteiger charge is -2.35. The Hall–Kier alpha value is -3.66. The zero-order valence-corrected chi connectivity index (χ0v) is 33.9. The summed E-state index contributed by atoms with van der Waals surface area (Å²) in [6.07, 6.45) is 14.0. The molecule has 2 atom stereocenters. The Kier molecular flexibility index (Phi) is 14.1. The molecule has 10 nitrogen and oxygen atoms in total. The van der Waals surface area contributed by atoms with Gasteiger partial charge in [-0.05, 0) is 133 Å². The van der Waals surface area contributed by atoms with E-state index >= 15 is 0 Å². The fourth-order valence-corrected chi connectivity index (χ4v) is 8.95. The smallest absolute Gasteiger partial charge is 0.306 e. The number of esters is 1. The lowest BCUT2D eigenvalue weighted by Crippen LogP contribution is -2.25. The van der Waals surface area contributed by atoms with Crippen LogP contribution in [0.5, 0.6) is 0 Å². The normalized spacial score (nSPS) is 23.3. The molecule has 4 fully saturated rings. The zero-order chi connectivity index (χ0) is 39.2. The number of aliphatic carboxylic acids is 1. The van der Waals surface area contributed by atoms with Crippen LogP contribution in [-0.4, -0.2) is 33.0 Å². The summed E-state index contributed by atoms with van der Waals surface area (Å²) in [5, 5.41) is 36.0. The molecular formula is C44H64N4O6. The molecule has 1 N–H and O–H groups in total. The van der Waals surface area contributed by atoms with E-state index in [9.17, 15) is 14.7 Å². The second-order valence-electron chi connectivity index (χ2n) is 18.7. The number of carboxylic acids is 1. The molecule has 0 aromatic carbocycles. The Labute approximate surface area is 322 Å². The maximum Gasteiger partial charge on any atom is 0.306 e. The molecule has 0 amide bonds. The summed E-state index contributed by atoms with van der Waals surface area (Å²) in [5.74, 6) is 5.63. The molecule has 4 aliphatic carbocycles. The standard InChI is InChI=1S/C24H36N2O3.C20H28N2O3/c1-15(2)11-16-12-19(13-16)23-21(17-8-9-17)22(26-29-23)18(7-6-10-25)14-20(27)28-24(3,4)5;1-12(2)8-13-9-16(10-13)20-18(14-5-6-14)19(22-25-20)15(4-3-7-21)11-17(23)24/h15-19H,6-9,11-14H2,1-5H3;12-16H,3-6,8-11H2,1-2H3,(H,23,24)/t16?,18-,19?;13?,15-,16?/m00/s1. The number of nitriles is 2. The average molecular weight is 745 g/mol. The highest BCUT2D eigenvalue weighted by molar-refractivity contribution is 5.71. The second kappa shape index (κ2) is 18.3. The van der Waals surface area contributed by atoms with Crippen LogP contribution in [0.15, 0.2) is 9.05 Å². The lowest BCUT2D eigenvalue weighted by atomic mass is 9.69. The van der Waals surface area contributed by atoms with E-state index in [1.807, 2.05) is 20.8 Å². The Morgan fingerprint density at radius 1 is 0.741 bits per heavy atom. The van der Waals surface area contributed by atoms with Gasteiger partial charge in [-0.3, -0.25) is 9.59 Å². The van der Waals surface area contributed by atoms with Crippen LogP contribution in [0.2, 0.25) is 0 Å². The Balaban J connectivity index is 0.000000210. The lowest BCUT2D eigenvalue weighted by molar-refractivity contribution is -0.155. The molecule has 0 bridgehead atoms. The van der Waals surface area contributed by atoms with Crippen molar-refractivity contribution in [2.24, 2.45) is 23.7 Å². The molecule has 0 spiro atoms. The predicted octanol–water partition coefficient (Wildman–Crippen LogP) is 11.2. The molecule has 2 aromatic rings. The van der Waals surface area contributed by atoms with Gasteiger partial charge in [0, 0.05) is 47.6 Å². The third kappa shape index (κ3) is 11.4. The number of aromatic nitrogens is 2. The highest BCUT2D eigenvalue weighted by Gasteiger charge is 2.43. The molecule has 6 rings (SSSR count). The monoisotopic (exact) mass is 744 g/mol. The van der Waals surface area contributed by atoms with Gasteiger partial charge in [0.1, 0.15) is 17.1 Å². The number of carboxylic acid groups (broad SMARTS) is 1. The minimum atomic E-state index is -0.838. The van der Waals surface area contributed by atoms with Crippen molar-refractivity contribution in [2.75, 3.05) is 0 Å². The SMILES string of the molecule is CC(C)CC1CC(c2onc([C@@H](CCC#N)CC(=O)O)c2C2CC2)C1.CC(C)CC1CC(c2onc([C@@H](CCC#N)CC(=O)OC(C)(C)C)c2C2CC2)C1. The second-order valence-corrected chi connectivity index (χ2v) is 18.7. The van der Waals surface area contributed by atoms with Crippen LogP contribution in [-0.2, 0) is 14.3 Å². The molecule has 2 aromatic heterocycles. The molecular weight excluding hydrogens is 681 g/mol. The fraction of sp³-hybridized carbons (Fsp3) is 0.773. The number of ether oxygens (including phenoxy) is 1. The summed E-state index contributed by atoms with van der Waals surface area (Å²) in [4.78, 5) is 23.7. The van der Waals surface area contributed by atoms with E-state index in [1.165, 1.54) is 49.7 Å². The molecule has 4 aliphatic rings. The molecule has 0 saturated heterocycles. The number of rotatable bonds is 18. The van der Waals surface area contributed by atoms with Crippen molar-refractivity contribution in [2.45, 2.75) is 192 Å². The van der Waals surface area contributed by atoms with Crippen LogP contribution in [0, 0.1) is 46.3 Å². The number of hydrogen-bond donors (Lipinski definition) is 1. The highest BCUT2D eigenvalue weighted by Crippen LogP contribution is 2.54. The van der Waals surface area contributed by atoms with Gasteiger partial charge in [0.05, 0.1) is 36.4 Å². The Morgan fingerprint density at radius 2 is 1.15 bits per heavy atom. The van der Waals surface area contributed by atoms with Crippen LogP contribution >= 0.6 is 0 Å². The summed E-state index contributed by atoms with van der Waals surface area (Å²) in [6.45, 7) is 14.7. The Bertz CT molecular complexity index is 1630. The number of nitrogens with zero attached hydrogens (tertiary/aromatic N) is 4. The van der Waals surface area contributed by atoms with Crippen molar-refractivity contribution in [1.82, 2.24) is 10.3 Å². The maximum absolute atomic E-state index is 12.5. The molecule has 2 heterocycles. The van der Waals surface area contributed by atoms with Gasteiger partial charge in [-0.15, -0.1) is 0 Å². The van der Waals surface area contributed by atoms with Crippen molar-refractivity contribution >= 4 is 11.9 Å². The van der Waals surface area contributed by atoms with E-state index in [1.54, 1.807) is 0 Å². The minimum Gasteiger partial charge on any atom is -0.481 e. The van der Waals surface area contributed by atoms with Gasteiger partial charge in [-0.1, -0.05) is 38.0 Å². The van der Waals surface area contributed by atoms with Gasteiger partial charge in [0.15, 0.2) is 0 Å². The Morgan fingerprint density at radius 3 is 1.48 bits per heavy atom. The van der Waals surface area contributed by atoms with E-state index < -0.39 is 11.6 Å². The summed E-state index contributed by atoms with van der Waals surface area (Å²) in [6, 6.07) is 4.35. The third-order valence-corrected chi connectivity index (χ3v) is 11.6. The maximum atomic E-state index is 12.5. The topological polar surface area (TPSA) is 163 Å². The van der Waals surface area contributed by atoms with Gasteiger partial charge in [0.25, 0.3) is 0 Å². The zero-order valence-electron chi connectivity index (χ0n) is 33.9. The highest BCUT2D eigenvalue weighted by atomic mass is 16.6. The summed E-state index contributed by atoms with van der Waals surface area (Å²) in [5.41, 5.74) is 3.67. The molecule has 10 heteroatoms. The van der Waals surface area contributed by atoms with Gasteiger partial charge >= 0.3 is 11.9 Å².